The van der Waals surface area contributed by atoms with E-state index in [-0.39, 0.29) is 0 Å². The average molecular weight is 317 g/mol. The van der Waals surface area contributed by atoms with Crippen LogP contribution in [0, 0.1) is 0 Å². The van der Waals surface area contributed by atoms with Gasteiger partial charge in [0.1, 0.15) is 0 Å². The molecular formula is C16H26Cl2Si. The maximum atomic E-state index is 6.59. The summed E-state index contributed by atoms with van der Waals surface area (Å²) >= 11 is 13.2. The first-order valence-corrected chi connectivity index (χ1v) is 11.6. The zero-order chi connectivity index (χ0) is 15.0. The molecule has 0 amide bonds. The van der Waals surface area contributed by atoms with E-state index in [4.69, 9.17) is 22.2 Å². The van der Waals surface area contributed by atoms with Crippen molar-refractivity contribution < 1.29 is 0 Å². The van der Waals surface area contributed by atoms with Crippen molar-refractivity contribution in [3.63, 3.8) is 0 Å². The van der Waals surface area contributed by atoms with E-state index in [2.05, 4.69) is 53.7 Å². The van der Waals surface area contributed by atoms with Gasteiger partial charge < -0.3 is 0 Å². The highest BCUT2D eigenvalue weighted by Gasteiger charge is 2.32. The zero-order valence-electron chi connectivity index (χ0n) is 13.1. The molecule has 0 radical (unpaired) electrons. The van der Waals surface area contributed by atoms with Crippen molar-refractivity contribution in [1.82, 2.24) is 0 Å². The molecule has 108 valence electrons. The minimum atomic E-state index is -2.36. The standard InChI is InChI=1S/C16H26Cl2Si/c1-10(2)13-8-14(11(3)4)16(19(7,17)18)15(9-13)12(5)6/h8-12H,1-7H3. The summed E-state index contributed by atoms with van der Waals surface area (Å²) in [6.45, 7) is 13.0. The van der Waals surface area contributed by atoms with Gasteiger partial charge in [-0.25, -0.2) is 0 Å². The van der Waals surface area contributed by atoms with Gasteiger partial charge in [-0.3, -0.25) is 0 Å². The van der Waals surface area contributed by atoms with E-state index in [1.54, 1.807) is 0 Å². The fourth-order valence-corrected chi connectivity index (χ4v) is 5.51. The van der Waals surface area contributed by atoms with Crippen molar-refractivity contribution in [2.45, 2.75) is 65.8 Å². The van der Waals surface area contributed by atoms with E-state index >= 15 is 0 Å². The first kappa shape index (κ1) is 17.1. The third-order valence-electron chi connectivity index (χ3n) is 3.57. The van der Waals surface area contributed by atoms with Crippen LogP contribution in [0.15, 0.2) is 12.1 Å². The molecular weight excluding hydrogens is 291 g/mol. The summed E-state index contributed by atoms with van der Waals surface area (Å²) in [5, 5.41) is 1.24. The van der Waals surface area contributed by atoms with Crippen LogP contribution in [0.3, 0.4) is 0 Å². The van der Waals surface area contributed by atoms with Gasteiger partial charge >= 0.3 is 0 Å². The molecule has 0 aliphatic carbocycles. The largest absolute Gasteiger partial charge is 0.278 e. The van der Waals surface area contributed by atoms with Crippen LogP contribution in [-0.2, 0) is 0 Å². The number of hydrogen-bond acceptors (Lipinski definition) is 0. The molecule has 1 aromatic carbocycles. The highest BCUT2D eigenvalue weighted by Crippen LogP contribution is 2.30. The summed E-state index contributed by atoms with van der Waals surface area (Å²) in [5.74, 6) is 1.44. The molecule has 0 bridgehead atoms. The van der Waals surface area contributed by atoms with E-state index in [1.807, 2.05) is 6.55 Å². The molecule has 0 saturated heterocycles. The molecule has 1 aromatic rings. The lowest BCUT2D eigenvalue weighted by molar-refractivity contribution is 0.812. The second-order valence-corrected chi connectivity index (χ2v) is 13.8. The molecule has 3 heteroatoms. The minimum absolute atomic E-state index is 0.454. The summed E-state index contributed by atoms with van der Waals surface area (Å²) in [5.41, 5.74) is 4.07. The zero-order valence-corrected chi connectivity index (χ0v) is 15.7. The van der Waals surface area contributed by atoms with E-state index in [1.165, 1.54) is 21.9 Å². The molecule has 0 fully saturated rings. The summed E-state index contributed by atoms with van der Waals surface area (Å²) in [4.78, 5) is 0. The Kier molecular flexibility index (Phi) is 5.57. The Labute approximate surface area is 128 Å². The summed E-state index contributed by atoms with van der Waals surface area (Å²) in [6.07, 6.45) is 0. The molecule has 0 aromatic heterocycles. The van der Waals surface area contributed by atoms with Crippen LogP contribution in [0.25, 0.3) is 0 Å². The Balaban J connectivity index is 3.66. The molecule has 0 spiro atoms. The molecule has 0 aliphatic rings. The number of hydrogen-bond donors (Lipinski definition) is 0. The van der Waals surface area contributed by atoms with Crippen molar-refractivity contribution in [2.24, 2.45) is 0 Å². The van der Waals surface area contributed by atoms with Gasteiger partial charge in [0.2, 0.25) is 0 Å². The Morgan fingerprint density at radius 2 is 1.16 bits per heavy atom. The monoisotopic (exact) mass is 316 g/mol. The normalized spacial score (nSPS) is 12.8. The molecule has 0 unspecified atom stereocenters. The quantitative estimate of drug-likeness (QED) is 0.485. The van der Waals surface area contributed by atoms with Crippen molar-refractivity contribution in [2.75, 3.05) is 0 Å². The number of benzene rings is 1. The third-order valence-corrected chi connectivity index (χ3v) is 6.16. The Morgan fingerprint density at radius 1 is 0.789 bits per heavy atom. The molecule has 0 aliphatic heterocycles. The van der Waals surface area contributed by atoms with Gasteiger partial charge in [-0.2, -0.15) is 0 Å². The smallest absolute Gasteiger partial charge is 0.140 e. The van der Waals surface area contributed by atoms with Gasteiger partial charge in [0.15, 0.2) is 0 Å². The van der Waals surface area contributed by atoms with Crippen molar-refractivity contribution >= 4 is 34.0 Å². The van der Waals surface area contributed by atoms with Gasteiger partial charge in [-0.1, -0.05) is 53.7 Å². The van der Waals surface area contributed by atoms with Crippen LogP contribution >= 0.6 is 22.2 Å². The summed E-state index contributed by atoms with van der Waals surface area (Å²) < 4.78 is 0. The molecule has 0 nitrogen and oxygen atoms in total. The van der Waals surface area contributed by atoms with Crippen molar-refractivity contribution in [1.29, 1.82) is 0 Å². The van der Waals surface area contributed by atoms with Crippen LogP contribution < -0.4 is 5.19 Å². The van der Waals surface area contributed by atoms with Gasteiger partial charge in [-0.15, -0.1) is 22.2 Å². The van der Waals surface area contributed by atoms with Crippen LogP contribution in [0.5, 0.6) is 0 Å². The van der Waals surface area contributed by atoms with Gasteiger partial charge in [0.05, 0.1) is 0 Å². The summed E-state index contributed by atoms with van der Waals surface area (Å²) in [6, 6.07) is 4.62. The Bertz CT molecular complexity index is 414. The maximum absolute atomic E-state index is 6.59. The van der Waals surface area contributed by atoms with Crippen LogP contribution in [0.4, 0.5) is 0 Å². The lowest BCUT2D eigenvalue weighted by Gasteiger charge is -2.27. The lowest BCUT2D eigenvalue weighted by Crippen LogP contribution is -2.39. The fraction of sp³-hybridized carbons (Fsp3) is 0.625. The second-order valence-electron chi connectivity index (χ2n) is 6.43. The second kappa shape index (κ2) is 6.20. The van der Waals surface area contributed by atoms with E-state index in [0.29, 0.717) is 17.8 Å². The Morgan fingerprint density at radius 3 is 1.37 bits per heavy atom. The first-order valence-electron chi connectivity index (χ1n) is 7.11. The van der Waals surface area contributed by atoms with Crippen LogP contribution in [0.1, 0.15) is 76.0 Å². The fourth-order valence-electron chi connectivity index (χ4n) is 2.46. The van der Waals surface area contributed by atoms with E-state index < -0.39 is 6.69 Å². The SMILES string of the molecule is CC(C)c1cc(C(C)C)c([Si](C)(Cl)Cl)c(C(C)C)c1. The molecule has 0 atom stereocenters. The van der Waals surface area contributed by atoms with Crippen molar-refractivity contribution in [3.8, 4) is 0 Å². The molecule has 19 heavy (non-hydrogen) atoms. The van der Waals surface area contributed by atoms with Crippen LogP contribution in [-0.4, -0.2) is 6.69 Å². The molecule has 1 rings (SSSR count). The predicted molar refractivity (Wildman–Crippen MR) is 91.7 cm³/mol. The maximum Gasteiger partial charge on any atom is 0.278 e. The van der Waals surface area contributed by atoms with Crippen LogP contribution in [0.2, 0.25) is 6.55 Å². The van der Waals surface area contributed by atoms with E-state index in [0.717, 1.165) is 0 Å². The minimum Gasteiger partial charge on any atom is -0.140 e. The predicted octanol–water partition coefficient (Wildman–Crippen LogP) is 5.81. The van der Waals surface area contributed by atoms with Gasteiger partial charge in [0, 0.05) is 0 Å². The Hall–Kier alpha value is 0.0169. The highest BCUT2D eigenvalue weighted by atomic mass is 35.7. The lowest BCUT2D eigenvalue weighted by atomic mass is 9.89. The first-order chi connectivity index (χ1) is 8.55. The van der Waals surface area contributed by atoms with Gasteiger partial charge in [0.25, 0.3) is 6.69 Å². The van der Waals surface area contributed by atoms with Gasteiger partial charge in [-0.05, 0) is 46.2 Å². The third kappa shape index (κ3) is 3.99. The number of rotatable bonds is 4. The van der Waals surface area contributed by atoms with Crippen molar-refractivity contribution in [3.05, 3.63) is 28.8 Å². The molecule has 0 saturated carbocycles. The average Bonchev–Trinajstić information content (AvgIpc) is 2.25. The molecule has 0 N–H and O–H groups in total. The van der Waals surface area contributed by atoms with E-state index in [9.17, 15) is 0 Å². The topological polar surface area (TPSA) is 0 Å². The molecule has 0 heterocycles. The number of halogens is 2. The summed E-state index contributed by atoms with van der Waals surface area (Å²) in [7, 11) is 0. The highest BCUT2D eigenvalue weighted by molar-refractivity contribution is 7.50.